The molecule has 0 saturated carbocycles. The number of imide groups is 1. The molecule has 156 valence electrons. The van der Waals surface area contributed by atoms with Crippen LogP contribution in [0.4, 0.5) is 10.5 Å². The Balaban J connectivity index is 1.64. The van der Waals surface area contributed by atoms with Crippen molar-refractivity contribution >= 4 is 40.6 Å². The molecule has 0 radical (unpaired) electrons. The maximum Gasteiger partial charge on any atom is 0.294 e. The highest BCUT2D eigenvalue weighted by molar-refractivity contribution is 8.18. The van der Waals surface area contributed by atoms with E-state index in [9.17, 15) is 14.4 Å². The van der Waals surface area contributed by atoms with Gasteiger partial charge in [-0.3, -0.25) is 19.3 Å². The summed E-state index contributed by atoms with van der Waals surface area (Å²) in [5.41, 5.74) is 3.86. The molecule has 1 heterocycles. The Labute approximate surface area is 181 Å². The zero-order chi connectivity index (χ0) is 21.8. The van der Waals surface area contributed by atoms with Crippen LogP contribution in [0.15, 0.2) is 53.4 Å². The number of rotatable bonds is 6. The first-order valence-electron chi connectivity index (χ1n) is 9.99. The number of hydrogen-bond acceptors (Lipinski definition) is 4. The Hall–Kier alpha value is -2.86. The number of carbonyl (C=O) groups excluding carboxylic acids is 3. The highest BCUT2D eigenvalue weighted by Crippen LogP contribution is 2.32. The Morgan fingerprint density at radius 1 is 0.933 bits per heavy atom. The Kier molecular flexibility index (Phi) is 6.77. The molecule has 0 spiro atoms. The van der Waals surface area contributed by atoms with E-state index in [1.807, 2.05) is 48.5 Å². The van der Waals surface area contributed by atoms with Crippen LogP contribution in [0.1, 0.15) is 56.2 Å². The van der Waals surface area contributed by atoms with E-state index in [1.54, 1.807) is 6.08 Å². The fraction of sp³-hybridized carbons (Fsp3) is 0.292. The van der Waals surface area contributed by atoms with Crippen LogP contribution >= 0.6 is 11.8 Å². The second-order valence-electron chi connectivity index (χ2n) is 7.91. The van der Waals surface area contributed by atoms with Gasteiger partial charge >= 0.3 is 0 Å². The molecule has 5 nitrogen and oxygen atoms in total. The van der Waals surface area contributed by atoms with Gasteiger partial charge in [0.2, 0.25) is 5.91 Å². The minimum absolute atomic E-state index is 0.305. The molecule has 0 atom stereocenters. The smallest absolute Gasteiger partial charge is 0.294 e. The molecule has 0 unspecified atom stereocenters. The molecular formula is C24H26N2O3S. The summed E-state index contributed by atoms with van der Waals surface area (Å²) < 4.78 is 0. The number of amides is 3. The lowest BCUT2D eigenvalue weighted by Gasteiger charge is -2.13. The van der Waals surface area contributed by atoms with Crippen LogP contribution < -0.4 is 5.32 Å². The van der Waals surface area contributed by atoms with Gasteiger partial charge in [0.05, 0.1) is 4.91 Å². The summed E-state index contributed by atoms with van der Waals surface area (Å²) in [7, 11) is 0. The lowest BCUT2D eigenvalue weighted by Crippen LogP contribution is -2.36. The van der Waals surface area contributed by atoms with Crippen molar-refractivity contribution in [3.8, 4) is 0 Å². The van der Waals surface area contributed by atoms with Gasteiger partial charge in [-0.1, -0.05) is 64.1 Å². The number of anilines is 1. The number of nitrogens with one attached hydrogen (secondary N) is 1. The van der Waals surface area contributed by atoms with Crippen molar-refractivity contribution in [2.24, 2.45) is 0 Å². The molecule has 0 aliphatic carbocycles. The third-order valence-electron chi connectivity index (χ3n) is 4.94. The molecule has 1 aliphatic heterocycles. The minimum Gasteiger partial charge on any atom is -0.325 e. The van der Waals surface area contributed by atoms with Crippen molar-refractivity contribution in [3.63, 3.8) is 0 Å². The fourth-order valence-corrected chi connectivity index (χ4v) is 3.90. The number of nitrogens with zero attached hydrogens (tertiary/aromatic N) is 1. The van der Waals surface area contributed by atoms with Crippen LogP contribution in [0.2, 0.25) is 0 Å². The first-order chi connectivity index (χ1) is 14.2. The van der Waals surface area contributed by atoms with Crippen LogP contribution in [0.25, 0.3) is 6.08 Å². The summed E-state index contributed by atoms with van der Waals surface area (Å²) in [5.74, 6) is -0.0230. The topological polar surface area (TPSA) is 66.5 Å². The van der Waals surface area contributed by atoms with Gasteiger partial charge in [0.25, 0.3) is 11.1 Å². The molecule has 1 fully saturated rings. The largest absolute Gasteiger partial charge is 0.325 e. The van der Waals surface area contributed by atoms with Gasteiger partial charge in [-0.15, -0.1) is 0 Å². The average molecular weight is 423 g/mol. The normalized spacial score (nSPS) is 15.5. The van der Waals surface area contributed by atoms with E-state index >= 15 is 0 Å². The lowest BCUT2D eigenvalue weighted by molar-refractivity contribution is -0.127. The van der Waals surface area contributed by atoms with Gasteiger partial charge in [0, 0.05) is 5.69 Å². The van der Waals surface area contributed by atoms with E-state index in [-0.39, 0.29) is 6.54 Å². The predicted molar refractivity (Wildman–Crippen MR) is 122 cm³/mol. The van der Waals surface area contributed by atoms with Crippen molar-refractivity contribution in [2.75, 3.05) is 11.9 Å². The number of benzene rings is 2. The molecule has 6 heteroatoms. The summed E-state index contributed by atoms with van der Waals surface area (Å²) in [6.07, 6.45) is 1.69. The van der Waals surface area contributed by atoms with Crippen molar-refractivity contribution in [1.29, 1.82) is 0 Å². The van der Waals surface area contributed by atoms with E-state index < -0.39 is 17.1 Å². The van der Waals surface area contributed by atoms with Crippen LogP contribution in [-0.2, 0) is 9.59 Å². The summed E-state index contributed by atoms with van der Waals surface area (Å²) in [6.45, 7) is 8.12. The van der Waals surface area contributed by atoms with Crippen LogP contribution in [0, 0.1) is 0 Å². The zero-order valence-corrected chi connectivity index (χ0v) is 18.5. The van der Waals surface area contributed by atoms with Gasteiger partial charge in [-0.2, -0.15) is 0 Å². The number of thioether (sulfide) groups is 1. The quantitative estimate of drug-likeness (QED) is 0.615. The molecule has 30 heavy (non-hydrogen) atoms. The highest BCUT2D eigenvalue weighted by atomic mass is 32.2. The molecule has 1 aliphatic rings. The van der Waals surface area contributed by atoms with Crippen LogP contribution in [-0.4, -0.2) is 28.5 Å². The number of carbonyl (C=O) groups is 3. The van der Waals surface area contributed by atoms with E-state index in [0.717, 1.165) is 22.2 Å². The van der Waals surface area contributed by atoms with Gasteiger partial charge in [0.1, 0.15) is 6.54 Å². The minimum atomic E-state index is -0.441. The van der Waals surface area contributed by atoms with Gasteiger partial charge in [-0.25, -0.2) is 0 Å². The Bertz CT molecular complexity index is 977. The Morgan fingerprint density at radius 2 is 1.47 bits per heavy atom. The Morgan fingerprint density at radius 3 is 2.00 bits per heavy atom. The average Bonchev–Trinajstić information content (AvgIpc) is 2.96. The molecule has 3 amide bonds. The molecule has 1 saturated heterocycles. The van der Waals surface area contributed by atoms with Gasteiger partial charge < -0.3 is 5.32 Å². The van der Waals surface area contributed by atoms with Crippen LogP contribution in [0.5, 0.6) is 0 Å². The maximum absolute atomic E-state index is 12.6. The maximum atomic E-state index is 12.6. The van der Waals surface area contributed by atoms with Crippen molar-refractivity contribution < 1.29 is 14.4 Å². The van der Waals surface area contributed by atoms with E-state index in [2.05, 4.69) is 33.0 Å². The fourth-order valence-electron chi connectivity index (χ4n) is 3.06. The van der Waals surface area contributed by atoms with Crippen LogP contribution in [0.3, 0.4) is 0 Å². The van der Waals surface area contributed by atoms with Crippen molar-refractivity contribution in [2.45, 2.75) is 39.5 Å². The predicted octanol–water partition coefficient (Wildman–Crippen LogP) is 5.61. The standard InChI is InChI=1S/C24H26N2O3S/c1-15(2)18-7-5-17(6-8-18)13-21-23(28)26(24(29)30-21)14-22(27)25-20-11-9-19(10-12-20)16(3)4/h5-13,15-16H,14H2,1-4H3,(H,25,27)/b21-13+. The van der Waals surface area contributed by atoms with Crippen molar-refractivity contribution in [1.82, 2.24) is 4.90 Å². The summed E-state index contributed by atoms with van der Waals surface area (Å²) in [6, 6.07) is 15.4. The molecule has 3 rings (SSSR count). The monoisotopic (exact) mass is 422 g/mol. The van der Waals surface area contributed by atoms with Gasteiger partial charge in [0.15, 0.2) is 0 Å². The molecule has 1 N–H and O–H groups in total. The molecular weight excluding hydrogens is 396 g/mol. The summed E-state index contributed by atoms with van der Waals surface area (Å²) in [4.78, 5) is 38.6. The zero-order valence-electron chi connectivity index (χ0n) is 17.6. The first-order valence-corrected chi connectivity index (χ1v) is 10.8. The number of hydrogen-bond donors (Lipinski definition) is 1. The summed E-state index contributed by atoms with van der Waals surface area (Å²) in [5, 5.41) is 2.31. The second-order valence-corrected chi connectivity index (χ2v) is 8.91. The molecule has 2 aromatic rings. The third-order valence-corrected chi connectivity index (χ3v) is 5.84. The van der Waals surface area contributed by atoms with E-state index in [0.29, 0.717) is 22.4 Å². The first kappa shape index (κ1) is 21.8. The van der Waals surface area contributed by atoms with E-state index in [1.165, 1.54) is 11.1 Å². The summed E-state index contributed by atoms with van der Waals surface area (Å²) >= 11 is 0.859. The lowest BCUT2D eigenvalue weighted by atomic mass is 10.0. The molecule has 0 bridgehead atoms. The second kappa shape index (κ2) is 9.30. The van der Waals surface area contributed by atoms with Crippen molar-refractivity contribution in [3.05, 3.63) is 70.1 Å². The highest BCUT2D eigenvalue weighted by Gasteiger charge is 2.36. The molecule has 2 aromatic carbocycles. The SMILES string of the molecule is CC(C)c1ccc(/C=C2/SC(=O)N(CC(=O)Nc3ccc(C(C)C)cc3)C2=O)cc1. The van der Waals surface area contributed by atoms with Gasteiger partial charge in [-0.05, 0) is 58.5 Å². The van der Waals surface area contributed by atoms with E-state index in [4.69, 9.17) is 0 Å². The third kappa shape index (κ3) is 5.19. The molecule has 0 aromatic heterocycles.